The minimum Gasteiger partial charge on any atom is -0.298 e. The molecule has 16 heavy (non-hydrogen) atoms. The third-order valence-electron chi connectivity index (χ3n) is 3.14. The summed E-state index contributed by atoms with van der Waals surface area (Å²) in [6, 6.07) is 9.79. The topological polar surface area (TPSA) is 40.9 Å². The number of hydrogen-bond donors (Lipinski definition) is 0. The Morgan fingerprint density at radius 3 is 2.75 bits per heavy atom. The van der Waals surface area contributed by atoms with E-state index in [1.807, 2.05) is 31.2 Å². The number of rotatable bonds is 4. The molecule has 0 amide bonds. The number of nitrogens with zero attached hydrogens (tertiary/aromatic N) is 1. The van der Waals surface area contributed by atoms with Crippen LogP contribution in [0.15, 0.2) is 24.3 Å². The Hall–Kier alpha value is -1.62. The van der Waals surface area contributed by atoms with Crippen molar-refractivity contribution in [1.29, 1.82) is 5.26 Å². The zero-order valence-electron chi connectivity index (χ0n) is 9.44. The van der Waals surface area contributed by atoms with Crippen molar-refractivity contribution in [3.63, 3.8) is 0 Å². The quantitative estimate of drug-likeness (QED) is 0.771. The lowest BCUT2D eigenvalue weighted by molar-refractivity contribution is -0.119. The zero-order valence-corrected chi connectivity index (χ0v) is 9.44. The Labute approximate surface area is 95.9 Å². The average molecular weight is 213 g/mol. The minimum absolute atomic E-state index is 0.0827. The van der Waals surface area contributed by atoms with Crippen LogP contribution in [0.3, 0.4) is 0 Å². The van der Waals surface area contributed by atoms with Gasteiger partial charge < -0.3 is 0 Å². The van der Waals surface area contributed by atoms with Gasteiger partial charge in [-0.2, -0.15) is 5.26 Å². The maximum absolute atomic E-state index is 12.0. The lowest BCUT2D eigenvalue weighted by Crippen LogP contribution is -2.12. The molecular formula is C14H15NO. The van der Waals surface area contributed by atoms with Crippen LogP contribution >= 0.6 is 0 Å². The Bertz CT molecular complexity index is 440. The normalized spacial score (nSPS) is 16.5. The number of aryl methyl sites for hydroxylation is 1. The smallest absolute Gasteiger partial charge is 0.154 e. The maximum atomic E-state index is 12.0. The first-order chi connectivity index (χ1) is 7.72. The molecule has 82 valence electrons. The van der Waals surface area contributed by atoms with Crippen LogP contribution in [0.1, 0.15) is 36.3 Å². The first-order valence-electron chi connectivity index (χ1n) is 5.70. The van der Waals surface area contributed by atoms with Gasteiger partial charge in [0.05, 0.1) is 6.07 Å². The summed E-state index contributed by atoms with van der Waals surface area (Å²) in [5.74, 6) is 0.0634. The fourth-order valence-electron chi connectivity index (χ4n) is 1.95. The molecule has 1 atom stereocenters. The number of nitriles is 1. The summed E-state index contributed by atoms with van der Waals surface area (Å²) in [5, 5.41) is 9.14. The van der Waals surface area contributed by atoms with Gasteiger partial charge in [-0.25, -0.2) is 0 Å². The van der Waals surface area contributed by atoms with E-state index >= 15 is 0 Å². The van der Waals surface area contributed by atoms with E-state index in [2.05, 4.69) is 6.07 Å². The largest absolute Gasteiger partial charge is 0.298 e. The molecule has 0 aliphatic heterocycles. The zero-order chi connectivity index (χ0) is 11.5. The van der Waals surface area contributed by atoms with Crippen molar-refractivity contribution in [1.82, 2.24) is 0 Å². The number of hydrogen-bond acceptors (Lipinski definition) is 2. The molecule has 2 nitrogen and oxygen atoms in total. The van der Waals surface area contributed by atoms with Gasteiger partial charge in [-0.05, 0) is 36.8 Å². The van der Waals surface area contributed by atoms with Crippen LogP contribution in [-0.4, -0.2) is 5.78 Å². The lowest BCUT2D eigenvalue weighted by atomic mass is 9.90. The van der Waals surface area contributed by atoms with Crippen LogP contribution < -0.4 is 0 Å². The molecule has 2 rings (SSSR count). The van der Waals surface area contributed by atoms with Gasteiger partial charge in [-0.3, -0.25) is 4.79 Å². The molecule has 0 radical (unpaired) electrons. The number of Topliss-reactive ketones (excluding diaryl/α,β-unsaturated/α-hetero) is 1. The fraction of sp³-hybridized carbons (Fsp3) is 0.429. The highest BCUT2D eigenvalue weighted by atomic mass is 16.1. The van der Waals surface area contributed by atoms with Crippen molar-refractivity contribution < 1.29 is 4.79 Å². The SMILES string of the molecule is Cc1ccccc1C(C#N)C(=O)CC1CC1. The summed E-state index contributed by atoms with van der Waals surface area (Å²) in [4.78, 5) is 12.0. The van der Waals surface area contributed by atoms with E-state index in [-0.39, 0.29) is 5.78 Å². The highest BCUT2D eigenvalue weighted by Crippen LogP contribution is 2.35. The highest BCUT2D eigenvalue weighted by Gasteiger charge is 2.29. The fourth-order valence-corrected chi connectivity index (χ4v) is 1.95. The first-order valence-corrected chi connectivity index (χ1v) is 5.70. The predicted molar refractivity (Wildman–Crippen MR) is 61.9 cm³/mol. The maximum Gasteiger partial charge on any atom is 0.154 e. The van der Waals surface area contributed by atoms with Crippen LogP contribution in [0.4, 0.5) is 0 Å². The van der Waals surface area contributed by atoms with E-state index in [0.29, 0.717) is 12.3 Å². The van der Waals surface area contributed by atoms with Gasteiger partial charge in [0, 0.05) is 6.42 Å². The Morgan fingerprint density at radius 1 is 1.50 bits per heavy atom. The molecule has 1 aromatic rings. The molecule has 0 N–H and O–H groups in total. The first kappa shape index (κ1) is 10.9. The van der Waals surface area contributed by atoms with Crippen LogP contribution in [0.2, 0.25) is 0 Å². The van der Waals surface area contributed by atoms with Crippen LogP contribution in [-0.2, 0) is 4.79 Å². The molecule has 0 saturated heterocycles. The summed E-state index contributed by atoms with van der Waals surface area (Å²) in [7, 11) is 0. The van der Waals surface area contributed by atoms with Gasteiger partial charge in [-0.1, -0.05) is 24.3 Å². The second kappa shape index (κ2) is 4.49. The average Bonchev–Trinajstić information content (AvgIpc) is 3.06. The van der Waals surface area contributed by atoms with Crippen molar-refractivity contribution >= 4 is 5.78 Å². The van der Waals surface area contributed by atoms with Crippen LogP contribution in [0, 0.1) is 24.2 Å². The molecule has 1 saturated carbocycles. The van der Waals surface area contributed by atoms with Gasteiger partial charge in [0.15, 0.2) is 5.78 Å². The van der Waals surface area contributed by atoms with E-state index in [1.165, 1.54) is 0 Å². The second-order valence-electron chi connectivity index (χ2n) is 4.53. The Balaban J connectivity index is 2.18. The number of carbonyl (C=O) groups is 1. The van der Waals surface area contributed by atoms with Gasteiger partial charge in [-0.15, -0.1) is 0 Å². The summed E-state index contributed by atoms with van der Waals surface area (Å²) >= 11 is 0. The monoisotopic (exact) mass is 213 g/mol. The third-order valence-corrected chi connectivity index (χ3v) is 3.14. The highest BCUT2D eigenvalue weighted by molar-refractivity contribution is 5.89. The van der Waals surface area contributed by atoms with E-state index in [0.717, 1.165) is 24.0 Å². The molecule has 0 bridgehead atoms. The lowest BCUT2D eigenvalue weighted by Gasteiger charge is -2.10. The van der Waals surface area contributed by atoms with E-state index in [9.17, 15) is 4.79 Å². The number of benzene rings is 1. The summed E-state index contributed by atoms with van der Waals surface area (Å²) in [6.07, 6.45) is 2.88. The van der Waals surface area contributed by atoms with E-state index < -0.39 is 5.92 Å². The van der Waals surface area contributed by atoms with Gasteiger partial charge in [0.1, 0.15) is 5.92 Å². The molecule has 0 aromatic heterocycles. The molecule has 0 spiro atoms. The van der Waals surface area contributed by atoms with E-state index in [1.54, 1.807) is 0 Å². The summed E-state index contributed by atoms with van der Waals surface area (Å²) in [5.41, 5.74) is 1.90. The molecule has 1 aromatic carbocycles. The minimum atomic E-state index is -0.568. The molecule has 0 heterocycles. The molecule has 1 unspecified atom stereocenters. The predicted octanol–water partition coefficient (Wildman–Crippen LogP) is 2.97. The summed E-state index contributed by atoms with van der Waals surface area (Å²) in [6.45, 7) is 1.95. The van der Waals surface area contributed by atoms with E-state index in [4.69, 9.17) is 5.26 Å². The molecule has 1 aliphatic rings. The number of ketones is 1. The van der Waals surface area contributed by atoms with Crippen molar-refractivity contribution in [3.05, 3.63) is 35.4 Å². The molecular weight excluding hydrogens is 198 g/mol. The third kappa shape index (κ3) is 2.30. The standard InChI is InChI=1S/C14H15NO/c1-10-4-2-3-5-12(10)13(9-15)14(16)8-11-6-7-11/h2-5,11,13H,6-8H2,1H3. The summed E-state index contributed by atoms with van der Waals surface area (Å²) < 4.78 is 0. The molecule has 1 aliphatic carbocycles. The van der Waals surface area contributed by atoms with Crippen molar-refractivity contribution in [2.75, 3.05) is 0 Å². The second-order valence-corrected chi connectivity index (χ2v) is 4.53. The molecule has 2 heteroatoms. The van der Waals surface area contributed by atoms with Crippen LogP contribution in [0.5, 0.6) is 0 Å². The van der Waals surface area contributed by atoms with Crippen molar-refractivity contribution in [2.24, 2.45) is 5.92 Å². The van der Waals surface area contributed by atoms with Gasteiger partial charge >= 0.3 is 0 Å². The number of carbonyl (C=O) groups excluding carboxylic acids is 1. The molecule has 1 fully saturated rings. The Kier molecular flexibility index (Phi) is 3.05. The van der Waals surface area contributed by atoms with Gasteiger partial charge in [0.2, 0.25) is 0 Å². The Morgan fingerprint density at radius 2 is 2.19 bits per heavy atom. The van der Waals surface area contributed by atoms with Crippen molar-refractivity contribution in [2.45, 2.75) is 32.1 Å². The van der Waals surface area contributed by atoms with Crippen molar-refractivity contribution in [3.8, 4) is 6.07 Å². The van der Waals surface area contributed by atoms with Gasteiger partial charge in [0.25, 0.3) is 0 Å². The van der Waals surface area contributed by atoms with Crippen LogP contribution in [0.25, 0.3) is 0 Å².